The Kier molecular flexibility index (Phi) is 5.30. The summed E-state index contributed by atoms with van der Waals surface area (Å²) in [5.74, 6) is 4.81. The van der Waals surface area contributed by atoms with Gasteiger partial charge in [0, 0.05) is 5.56 Å². The monoisotopic (exact) mass is 425 g/mol. The van der Waals surface area contributed by atoms with Gasteiger partial charge in [0.2, 0.25) is 0 Å². The van der Waals surface area contributed by atoms with Gasteiger partial charge in [0.1, 0.15) is 12.1 Å². The van der Waals surface area contributed by atoms with Crippen molar-refractivity contribution in [3.05, 3.63) is 99.8 Å². The van der Waals surface area contributed by atoms with E-state index in [0.717, 1.165) is 0 Å². The number of aromatic nitrogens is 3. The SMILES string of the molecule is Fc1cccc(Cl)c1-c1ncn(-c2ccc(C#Cc3cccc(Cl)c3F)cc2)n1. The quantitative estimate of drug-likeness (QED) is 0.373. The highest BCUT2D eigenvalue weighted by atomic mass is 35.5. The molecule has 1 heterocycles. The van der Waals surface area contributed by atoms with Gasteiger partial charge in [0.25, 0.3) is 0 Å². The zero-order valence-electron chi connectivity index (χ0n) is 14.7. The van der Waals surface area contributed by atoms with Gasteiger partial charge in [0.15, 0.2) is 11.6 Å². The summed E-state index contributed by atoms with van der Waals surface area (Å²) in [6.45, 7) is 0. The molecule has 0 unspecified atom stereocenters. The summed E-state index contributed by atoms with van der Waals surface area (Å²) in [5.41, 5.74) is 1.77. The van der Waals surface area contributed by atoms with Gasteiger partial charge in [-0.3, -0.25) is 0 Å². The number of hydrogen-bond acceptors (Lipinski definition) is 2. The molecule has 0 aliphatic heterocycles. The van der Waals surface area contributed by atoms with Crippen LogP contribution in [-0.4, -0.2) is 14.8 Å². The summed E-state index contributed by atoms with van der Waals surface area (Å²) < 4.78 is 29.5. The van der Waals surface area contributed by atoms with Crippen LogP contribution in [0, 0.1) is 23.5 Å². The van der Waals surface area contributed by atoms with Crippen molar-refractivity contribution in [1.29, 1.82) is 0 Å². The smallest absolute Gasteiger partial charge is 0.186 e. The molecule has 0 aliphatic carbocycles. The molecule has 0 saturated carbocycles. The Hall–Kier alpha value is -3.20. The van der Waals surface area contributed by atoms with E-state index in [1.807, 2.05) is 0 Å². The van der Waals surface area contributed by atoms with Crippen molar-refractivity contribution >= 4 is 23.2 Å². The molecule has 0 bridgehead atoms. The second-order valence-corrected chi connectivity index (χ2v) is 6.82. The number of benzene rings is 3. The number of nitrogens with zero attached hydrogens (tertiary/aromatic N) is 3. The first-order valence-corrected chi connectivity index (χ1v) is 9.21. The molecule has 29 heavy (non-hydrogen) atoms. The van der Waals surface area contributed by atoms with E-state index in [1.54, 1.807) is 42.5 Å². The largest absolute Gasteiger partial charge is 0.220 e. The van der Waals surface area contributed by atoms with Crippen molar-refractivity contribution in [2.75, 3.05) is 0 Å². The van der Waals surface area contributed by atoms with E-state index in [4.69, 9.17) is 23.2 Å². The number of hydrogen-bond donors (Lipinski definition) is 0. The zero-order chi connectivity index (χ0) is 20.4. The van der Waals surface area contributed by atoms with Gasteiger partial charge >= 0.3 is 0 Å². The Morgan fingerprint density at radius 1 is 0.828 bits per heavy atom. The topological polar surface area (TPSA) is 30.7 Å². The highest BCUT2D eigenvalue weighted by Crippen LogP contribution is 2.28. The van der Waals surface area contributed by atoms with Gasteiger partial charge in [-0.2, -0.15) is 0 Å². The van der Waals surface area contributed by atoms with Crippen molar-refractivity contribution in [3.8, 4) is 28.9 Å². The second kappa shape index (κ2) is 8.04. The van der Waals surface area contributed by atoms with Crippen LogP contribution in [0.15, 0.2) is 67.0 Å². The van der Waals surface area contributed by atoms with E-state index in [9.17, 15) is 8.78 Å². The predicted octanol–water partition coefficient (Wildman–Crippen LogP) is 5.92. The van der Waals surface area contributed by atoms with Crippen LogP contribution < -0.4 is 0 Å². The van der Waals surface area contributed by atoms with Gasteiger partial charge in [-0.15, -0.1) is 5.10 Å². The summed E-state index contributed by atoms with van der Waals surface area (Å²) in [7, 11) is 0. The van der Waals surface area contributed by atoms with Crippen molar-refractivity contribution in [3.63, 3.8) is 0 Å². The molecule has 142 valence electrons. The van der Waals surface area contributed by atoms with Crippen molar-refractivity contribution in [2.45, 2.75) is 0 Å². The standard InChI is InChI=1S/C22H11Cl2F2N3/c23-17-4-2-6-19(25)20(17)22-27-13-29(28-22)16-11-8-14(9-12-16)7-10-15-3-1-5-18(24)21(15)26/h1-6,8-9,11-13H. The van der Waals surface area contributed by atoms with Crippen LogP contribution in [0.2, 0.25) is 10.0 Å². The normalized spacial score (nSPS) is 10.5. The molecule has 0 aliphatic rings. The fraction of sp³-hybridized carbons (Fsp3) is 0. The van der Waals surface area contributed by atoms with Gasteiger partial charge in [-0.25, -0.2) is 18.4 Å². The van der Waals surface area contributed by atoms with E-state index in [2.05, 4.69) is 21.9 Å². The molecule has 3 nitrogen and oxygen atoms in total. The van der Waals surface area contributed by atoms with Crippen molar-refractivity contribution in [2.24, 2.45) is 0 Å². The third-order valence-electron chi connectivity index (χ3n) is 4.10. The maximum absolute atomic E-state index is 14.1. The number of rotatable bonds is 2. The lowest BCUT2D eigenvalue weighted by Crippen LogP contribution is -1.96. The van der Waals surface area contributed by atoms with Crippen LogP contribution in [0.25, 0.3) is 17.1 Å². The van der Waals surface area contributed by atoms with Gasteiger partial charge in [0.05, 0.1) is 26.9 Å². The third kappa shape index (κ3) is 4.00. The second-order valence-electron chi connectivity index (χ2n) is 6.01. The van der Waals surface area contributed by atoms with Crippen molar-refractivity contribution < 1.29 is 8.78 Å². The van der Waals surface area contributed by atoms with Gasteiger partial charge < -0.3 is 0 Å². The van der Waals surface area contributed by atoms with Gasteiger partial charge in [-0.05, 0) is 48.5 Å². The van der Waals surface area contributed by atoms with Crippen LogP contribution in [-0.2, 0) is 0 Å². The molecule has 0 amide bonds. The fourth-order valence-electron chi connectivity index (χ4n) is 2.65. The minimum absolute atomic E-state index is 0.0316. The van der Waals surface area contributed by atoms with Crippen LogP contribution >= 0.6 is 23.2 Å². The molecular formula is C22H11Cl2F2N3. The molecule has 0 spiro atoms. The highest BCUT2D eigenvalue weighted by molar-refractivity contribution is 6.33. The molecule has 1 aromatic heterocycles. The zero-order valence-corrected chi connectivity index (χ0v) is 16.2. The van der Waals surface area contributed by atoms with E-state index in [0.29, 0.717) is 11.3 Å². The van der Waals surface area contributed by atoms with E-state index < -0.39 is 11.6 Å². The minimum atomic E-state index is -0.541. The van der Waals surface area contributed by atoms with Crippen LogP contribution in [0.5, 0.6) is 0 Å². The highest BCUT2D eigenvalue weighted by Gasteiger charge is 2.14. The Labute approximate surface area is 175 Å². The molecule has 3 aromatic carbocycles. The summed E-state index contributed by atoms with van der Waals surface area (Å²) in [6, 6.07) is 16.2. The summed E-state index contributed by atoms with van der Waals surface area (Å²) >= 11 is 11.8. The Bertz CT molecular complexity index is 1240. The lowest BCUT2D eigenvalue weighted by atomic mass is 10.1. The summed E-state index contributed by atoms with van der Waals surface area (Å²) in [4.78, 5) is 4.15. The average Bonchev–Trinajstić information content (AvgIpc) is 3.19. The lowest BCUT2D eigenvalue weighted by molar-refractivity contribution is 0.625. The molecular weight excluding hydrogens is 415 g/mol. The van der Waals surface area contributed by atoms with Crippen LogP contribution in [0.4, 0.5) is 8.78 Å². The molecule has 7 heteroatoms. The lowest BCUT2D eigenvalue weighted by Gasteiger charge is -2.02. The maximum atomic E-state index is 14.1. The molecule has 0 fully saturated rings. The molecule has 0 radical (unpaired) electrons. The molecule has 0 N–H and O–H groups in total. The Morgan fingerprint density at radius 3 is 2.31 bits per heavy atom. The first kappa shape index (κ1) is 19.1. The molecule has 0 saturated heterocycles. The Balaban J connectivity index is 1.59. The summed E-state index contributed by atoms with van der Waals surface area (Å²) in [6.07, 6.45) is 1.47. The molecule has 0 atom stereocenters. The average molecular weight is 426 g/mol. The maximum Gasteiger partial charge on any atom is 0.186 e. The third-order valence-corrected chi connectivity index (χ3v) is 4.71. The first-order chi connectivity index (χ1) is 14.0. The predicted molar refractivity (Wildman–Crippen MR) is 109 cm³/mol. The summed E-state index contributed by atoms with van der Waals surface area (Å²) in [5, 5.41) is 4.57. The minimum Gasteiger partial charge on any atom is -0.220 e. The first-order valence-electron chi connectivity index (χ1n) is 8.45. The van der Waals surface area contributed by atoms with Crippen molar-refractivity contribution in [1.82, 2.24) is 14.8 Å². The van der Waals surface area contributed by atoms with Crippen LogP contribution in [0.1, 0.15) is 11.1 Å². The van der Waals surface area contributed by atoms with E-state index in [-0.39, 0.29) is 27.0 Å². The van der Waals surface area contributed by atoms with Crippen LogP contribution in [0.3, 0.4) is 0 Å². The van der Waals surface area contributed by atoms with E-state index >= 15 is 0 Å². The Morgan fingerprint density at radius 2 is 1.55 bits per heavy atom. The number of halogens is 4. The molecule has 4 rings (SSSR count). The van der Waals surface area contributed by atoms with E-state index in [1.165, 1.54) is 29.2 Å². The molecule has 4 aromatic rings. The van der Waals surface area contributed by atoms with Gasteiger partial charge in [-0.1, -0.05) is 47.2 Å². The fourth-order valence-corrected chi connectivity index (χ4v) is 3.07.